The number of primary amides is 1. The quantitative estimate of drug-likeness (QED) is 0.399. The van der Waals surface area contributed by atoms with Crippen LogP contribution in [0, 0.1) is 0 Å². The largest absolute Gasteiger partial charge is 0.366 e. The van der Waals surface area contributed by atoms with Crippen molar-refractivity contribution in [2.75, 3.05) is 33.2 Å². The van der Waals surface area contributed by atoms with Gasteiger partial charge in [-0.3, -0.25) is 9.79 Å². The Hall–Kier alpha value is -2.08. The number of carbonyl (C=O) groups excluding carboxylic acids is 1. The van der Waals surface area contributed by atoms with Crippen molar-refractivity contribution in [2.24, 2.45) is 10.7 Å². The summed E-state index contributed by atoms with van der Waals surface area (Å²) in [4.78, 5) is 17.9. The Labute approximate surface area is 150 Å². The van der Waals surface area contributed by atoms with Crippen molar-refractivity contribution in [3.63, 3.8) is 0 Å². The molecule has 0 spiro atoms. The Kier molecular flexibility index (Phi) is 8.25. The molecule has 138 valence electrons. The van der Waals surface area contributed by atoms with Crippen LogP contribution >= 0.6 is 0 Å². The van der Waals surface area contributed by atoms with Crippen LogP contribution in [0.15, 0.2) is 29.3 Å². The van der Waals surface area contributed by atoms with E-state index in [-0.39, 0.29) is 0 Å². The molecule has 1 heterocycles. The number of nitrogens with zero attached hydrogens (tertiary/aromatic N) is 2. The van der Waals surface area contributed by atoms with Gasteiger partial charge in [-0.05, 0) is 56.6 Å². The molecule has 0 unspecified atom stereocenters. The highest BCUT2D eigenvalue weighted by Crippen LogP contribution is 2.09. The van der Waals surface area contributed by atoms with Crippen LogP contribution in [-0.4, -0.2) is 50.0 Å². The van der Waals surface area contributed by atoms with Crippen molar-refractivity contribution < 1.29 is 4.79 Å². The van der Waals surface area contributed by atoms with Crippen molar-refractivity contribution in [1.29, 1.82) is 0 Å². The first-order valence-corrected chi connectivity index (χ1v) is 9.24. The van der Waals surface area contributed by atoms with Crippen molar-refractivity contribution in [3.05, 3.63) is 35.4 Å². The molecule has 4 N–H and O–H groups in total. The van der Waals surface area contributed by atoms with Gasteiger partial charge < -0.3 is 21.3 Å². The number of likely N-dealkylation sites (tertiary alicyclic amines) is 1. The van der Waals surface area contributed by atoms with Gasteiger partial charge in [0.15, 0.2) is 5.96 Å². The number of amides is 1. The monoisotopic (exact) mass is 345 g/mol. The van der Waals surface area contributed by atoms with E-state index in [0.717, 1.165) is 31.0 Å². The van der Waals surface area contributed by atoms with Crippen LogP contribution < -0.4 is 16.4 Å². The summed E-state index contributed by atoms with van der Waals surface area (Å²) in [6.07, 6.45) is 6.56. The van der Waals surface area contributed by atoms with Crippen molar-refractivity contribution in [3.8, 4) is 0 Å². The maximum Gasteiger partial charge on any atom is 0.248 e. The lowest BCUT2D eigenvalue weighted by Gasteiger charge is -2.20. The van der Waals surface area contributed by atoms with Crippen LogP contribution in [0.3, 0.4) is 0 Å². The second-order valence-electron chi connectivity index (χ2n) is 6.52. The predicted molar refractivity (Wildman–Crippen MR) is 103 cm³/mol. The molecule has 0 aliphatic carbocycles. The third kappa shape index (κ3) is 7.13. The van der Waals surface area contributed by atoms with E-state index < -0.39 is 5.91 Å². The molecule has 6 heteroatoms. The highest BCUT2D eigenvalue weighted by molar-refractivity contribution is 5.92. The van der Waals surface area contributed by atoms with Gasteiger partial charge in [-0.1, -0.05) is 25.0 Å². The predicted octanol–water partition coefficient (Wildman–Crippen LogP) is 1.72. The fourth-order valence-corrected chi connectivity index (χ4v) is 3.06. The Bertz CT molecular complexity index is 547. The van der Waals surface area contributed by atoms with Gasteiger partial charge in [0.1, 0.15) is 0 Å². The Morgan fingerprint density at radius 3 is 2.40 bits per heavy atom. The lowest BCUT2D eigenvalue weighted by atomic mass is 10.1. The summed E-state index contributed by atoms with van der Waals surface area (Å²) in [5.41, 5.74) is 6.86. The minimum Gasteiger partial charge on any atom is -0.366 e. The molecule has 1 aromatic rings. The van der Waals surface area contributed by atoms with Crippen LogP contribution in [0.25, 0.3) is 0 Å². The number of hydrogen-bond donors (Lipinski definition) is 3. The van der Waals surface area contributed by atoms with Gasteiger partial charge in [-0.2, -0.15) is 0 Å². The topological polar surface area (TPSA) is 82.8 Å². The van der Waals surface area contributed by atoms with E-state index in [2.05, 4.69) is 20.5 Å². The number of benzene rings is 1. The first-order valence-electron chi connectivity index (χ1n) is 9.24. The van der Waals surface area contributed by atoms with Crippen LogP contribution in [0.4, 0.5) is 0 Å². The minimum atomic E-state index is -0.401. The van der Waals surface area contributed by atoms with Gasteiger partial charge in [0.2, 0.25) is 5.91 Å². The lowest BCUT2D eigenvalue weighted by molar-refractivity contribution is 0.100. The van der Waals surface area contributed by atoms with Gasteiger partial charge >= 0.3 is 0 Å². The highest BCUT2D eigenvalue weighted by atomic mass is 16.1. The summed E-state index contributed by atoms with van der Waals surface area (Å²) in [5, 5.41) is 6.65. The molecule has 1 amide bonds. The Morgan fingerprint density at radius 2 is 1.80 bits per heavy atom. The average molecular weight is 345 g/mol. The molecule has 1 aliphatic heterocycles. The molecule has 0 aromatic heterocycles. The van der Waals surface area contributed by atoms with E-state index in [1.54, 1.807) is 19.2 Å². The number of hydrogen-bond acceptors (Lipinski definition) is 3. The van der Waals surface area contributed by atoms with E-state index >= 15 is 0 Å². The normalized spacial score (nSPS) is 16.3. The summed E-state index contributed by atoms with van der Waals surface area (Å²) < 4.78 is 0. The molecule has 0 radical (unpaired) electrons. The SMILES string of the molecule is CN=C(NCCCN1CCCCCC1)NCc1ccc(C(N)=O)cc1. The van der Waals surface area contributed by atoms with E-state index in [1.807, 2.05) is 12.1 Å². The second-order valence-corrected chi connectivity index (χ2v) is 6.52. The lowest BCUT2D eigenvalue weighted by Crippen LogP contribution is -2.38. The fourth-order valence-electron chi connectivity index (χ4n) is 3.06. The maximum atomic E-state index is 11.1. The molecule has 1 saturated heterocycles. The van der Waals surface area contributed by atoms with Gasteiger partial charge in [0, 0.05) is 25.7 Å². The molecule has 25 heavy (non-hydrogen) atoms. The maximum absolute atomic E-state index is 11.1. The van der Waals surface area contributed by atoms with E-state index in [0.29, 0.717) is 12.1 Å². The summed E-state index contributed by atoms with van der Waals surface area (Å²) in [7, 11) is 1.78. The summed E-state index contributed by atoms with van der Waals surface area (Å²) in [5.74, 6) is 0.399. The number of nitrogens with one attached hydrogen (secondary N) is 2. The van der Waals surface area contributed by atoms with Crippen LogP contribution in [0.5, 0.6) is 0 Å². The van der Waals surface area contributed by atoms with E-state index in [4.69, 9.17) is 5.73 Å². The van der Waals surface area contributed by atoms with Crippen molar-refractivity contribution in [2.45, 2.75) is 38.6 Å². The molecule has 0 saturated carbocycles. The number of nitrogens with two attached hydrogens (primary N) is 1. The molecule has 0 atom stereocenters. The minimum absolute atomic E-state index is 0.401. The molecule has 1 fully saturated rings. The zero-order valence-electron chi connectivity index (χ0n) is 15.3. The molecular weight excluding hydrogens is 314 g/mol. The standard InChI is InChI=1S/C19H31N5O/c1-21-19(22-11-6-14-24-12-4-2-3-5-13-24)23-15-16-7-9-17(10-8-16)18(20)25/h7-10H,2-6,11-15H2,1H3,(H2,20,25)(H2,21,22,23). The fraction of sp³-hybridized carbons (Fsp3) is 0.579. The third-order valence-corrected chi connectivity index (χ3v) is 4.56. The smallest absolute Gasteiger partial charge is 0.248 e. The zero-order chi connectivity index (χ0) is 17.9. The molecule has 0 bridgehead atoms. The van der Waals surface area contributed by atoms with E-state index in [1.165, 1.54) is 38.8 Å². The average Bonchev–Trinajstić information content (AvgIpc) is 2.90. The van der Waals surface area contributed by atoms with Crippen molar-refractivity contribution >= 4 is 11.9 Å². The first kappa shape index (κ1) is 19.2. The third-order valence-electron chi connectivity index (χ3n) is 4.56. The van der Waals surface area contributed by atoms with Crippen LogP contribution in [-0.2, 0) is 6.54 Å². The zero-order valence-corrected chi connectivity index (χ0v) is 15.3. The highest BCUT2D eigenvalue weighted by Gasteiger charge is 2.08. The Balaban J connectivity index is 1.65. The molecular formula is C19H31N5O. The summed E-state index contributed by atoms with van der Waals surface area (Å²) in [6, 6.07) is 7.30. The van der Waals surface area contributed by atoms with Gasteiger partial charge in [-0.25, -0.2) is 0 Å². The molecule has 2 rings (SSSR count). The number of carbonyl (C=O) groups is 1. The number of aliphatic imine (C=N–C) groups is 1. The number of rotatable bonds is 7. The van der Waals surface area contributed by atoms with Gasteiger partial charge in [0.25, 0.3) is 0 Å². The van der Waals surface area contributed by atoms with Crippen LogP contribution in [0.1, 0.15) is 48.0 Å². The van der Waals surface area contributed by atoms with E-state index in [9.17, 15) is 4.79 Å². The Morgan fingerprint density at radius 1 is 1.12 bits per heavy atom. The second kappa shape index (κ2) is 10.7. The van der Waals surface area contributed by atoms with Crippen LogP contribution in [0.2, 0.25) is 0 Å². The molecule has 6 nitrogen and oxygen atoms in total. The molecule has 1 aromatic carbocycles. The van der Waals surface area contributed by atoms with Crippen molar-refractivity contribution in [1.82, 2.24) is 15.5 Å². The molecule has 1 aliphatic rings. The first-order chi connectivity index (χ1) is 12.2. The number of guanidine groups is 1. The van der Waals surface area contributed by atoms with Gasteiger partial charge in [0.05, 0.1) is 0 Å². The summed E-state index contributed by atoms with van der Waals surface area (Å²) in [6.45, 7) is 5.21. The van der Waals surface area contributed by atoms with Gasteiger partial charge in [-0.15, -0.1) is 0 Å². The summed E-state index contributed by atoms with van der Waals surface area (Å²) >= 11 is 0.